The van der Waals surface area contributed by atoms with E-state index in [9.17, 15) is 4.79 Å². The molecule has 0 saturated heterocycles. The predicted molar refractivity (Wildman–Crippen MR) is 95.9 cm³/mol. The van der Waals surface area contributed by atoms with Gasteiger partial charge in [0.1, 0.15) is 6.61 Å². The highest BCUT2D eigenvalue weighted by molar-refractivity contribution is 7.99. The normalized spacial score (nSPS) is 11.2. The number of carbonyl (C=O) groups excluding carboxylic acids is 1. The molecule has 0 atom stereocenters. The molecule has 0 aliphatic carbocycles. The van der Waals surface area contributed by atoms with Gasteiger partial charge in [0, 0.05) is 5.75 Å². The number of para-hydroxylation sites is 2. The van der Waals surface area contributed by atoms with E-state index in [1.807, 2.05) is 28.8 Å². The van der Waals surface area contributed by atoms with Crippen LogP contribution in [0.2, 0.25) is 0 Å². The van der Waals surface area contributed by atoms with Crippen LogP contribution < -0.4 is 0 Å². The highest BCUT2D eigenvalue weighted by atomic mass is 32.2. The summed E-state index contributed by atoms with van der Waals surface area (Å²) in [5.74, 6) is 0.831. The molecule has 1 heterocycles. The molecule has 0 radical (unpaired) electrons. The SMILES string of the molecule is CCCCCCCCSc1nc2ccccc2n1CC(=O)CO. The smallest absolute Gasteiger partial charge is 0.177 e. The van der Waals surface area contributed by atoms with Gasteiger partial charge in [-0.2, -0.15) is 0 Å². The van der Waals surface area contributed by atoms with Gasteiger partial charge in [-0.1, -0.05) is 62.9 Å². The number of benzene rings is 1. The molecule has 0 aliphatic heterocycles. The van der Waals surface area contributed by atoms with Gasteiger partial charge in [0.05, 0.1) is 17.6 Å². The van der Waals surface area contributed by atoms with Gasteiger partial charge in [-0.15, -0.1) is 0 Å². The molecule has 1 aromatic heterocycles. The summed E-state index contributed by atoms with van der Waals surface area (Å²) in [6.07, 6.45) is 7.65. The molecule has 23 heavy (non-hydrogen) atoms. The summed E-state index contributed by atoms with van der Waals surface area (Å²) in [6, 6.07) is 7.84. The molecule has 5 heteroatoms. The summed E-state index contributed by atoms with van der Waals surface area (Å²) in [4.78, 5) is 16.3. The Kier molecular flexibility index (Phi) is 7.62. The molecule has 0 fully saturated rings. The number of hydrogen-bond acceptors (Lipinski definition) is 4. The zero-order chi connectivity index (χ0) is 16.5. The Morgan fingerprint density at radius 2 is 1.91 bits per heavy atom. The Balaban J connectivity index is 1.96. The van der Waals surface area contributed by atoms with E-state index in [4.69, 9.17) is 5.11 Å². The monoisotopic (exact) mass is 334 g/mol. The third-order valence-electron chi connectivity index (χ3n) is 3.86. The summed E-state index contributed by atoms with van der Waals surface area (Å²) in [5, 5.41) is 9.90. The Hall–Kier alpha value is -1.33. The van der Waals surface area contributed by atoms with Gasteiger partial charge in [0.25, 0.3) is 0 Å². The maximum absolute atomic E-state index is 11.6. The Bertz CT molecular complexity index is 625. The molecule has 0 saturated carbocycles. The van der Waals surface area contributed by atoms with Gasteiger partial charge in [-0.3, -0.25) is 4.79 Å². The number of imidazole rings is 1. The van der Waals surface area contributed by atoms with E-state index in [2.05, 4.69) is 11.9 Å². The highest BCUT2D eigenvalue weighted by Gasteiger charge is 2.13. The molecule has 1 N–H and O–H groups in total. The average Bonchev–Trinajstić information content (AvgIpc) is 2.91. The number of aromatic nitrogens is 2. The van der Waals surface area contributed by atoms with Gasteiger partial charge >= 0.3 is 0 Å². The number of aliphatic hydroxyl groups excluding tert-OH is 1. The third-order valence-corrected chi connectivity index (χ3v) is 4.92. The van der Waals surface area contributed by atoms with Crippen LogP contribution >= 0.6 is 11.8 Å². The maximum atomic E-state index is 11.6. The fourth-order valence-electron chi connectivity index (χ4n) is 2.59. The number of nitrogens with zero attached hydrogens (tertiary/aromatic N) is 2. The van der Waals surface area contributed by atoms with E-state index >= 15 is 0 Å². The van der Waals surface area contributed by atoms with Gasteiger partial charge < -0.3 is 9.67 Å². The Labute approximate surface area is 142 Å². The molecule has 0 spiro atoms. The molecule has 126 valence electrons. The van der Waals surface area contributed by atoms with Crippen LogP contribution in [0.25, 0.3) is 11.0 Å². The first kappa shape index (κ1) is 18.0. The van der Waals surface area contributed by atoms with Crippen molar-refractivity contribution >= 4 is 28.6 Å². The lowest BCUT2D eigenvalue weighted by molar-refractivity contribution is -0.122. The fourth-order valence-corrected chi connectivity index (χ4v) is 3.60. The first-order valence-corrected chi connectivity index (χ1v) is 9.45. The lowest BCUT2D eigenvalue weighted by atomic mass is 10.1. The summed E-state index contributed by atoms with van der Waals surface area (Å²) in [5.41, 5.74) is 1.86. The number of rotatable bonds is 11. The molecule has 0 aliphatic rings. The minimum Gasteiger partial charge on any atom is -0.389 e. The van der Waals surface area contributed by atoms with Crippen molar-refractivity contribution in [3.8, 4) is 0 Å². The van der Waals surface area contributed by atoms with Crippen LogP contribution in [0.5, 0.6) is 0 Å². The lowest BCUT2D eigenvalue weighted by Crippen LogP contribution is -2.14. The molecule has 0 amide bonds. The first-order valence-electron chi connectivity index (χ1n) is 8.47. The number of fused-ring (bicyclic) bond motifs is 1. The standard InChI is InChI=1S/C18H26N2O2S/c1-2-3-4-5-6-9-12-23-18-19-16-10-7-8-11-17(16)20(18)13-15(22)14-21/h7-8,10-11,21H,2-6,9,12-14H2,1H3. The zero-order valence-corrected chi connectivity index (χ0v) is 14.6. The zero-order valence-electron chi connectivity index (χ0n) is 13.8. The van der Waals surface area contributed by atoms with Crippen LogP contribution in [0.4, 0.5) is 0 Å². The van der Waals surface area contributed by atoms with E-state index in [1.54, 1.807) is 11.8 Å². The average molecular weight is 334 g/mol. The first-order chi connectivity index (χ1) is 11.3. The van der Waals surface area contributed by atoms with Crippen LogP contribution in [-0.4, -0.2) is 32.8 Å². The van der Waals surface area contributed by atoms with Crippen molar-refractivity contribution < 1.29 is 9.90 Å². The van der Waals surface area contributed by atoms with Gasteiger partial charge in [-0.05, 0) is 18.6 Å². The Morgan fingerprint density at radius 3 is 2.70 bits per heavy atom. The van der Waals surface area contributed by atoms with Crippen LogP contribution in [0.1, 0.15) is 45.4 Å². The summed E-state index contributed by atoms with van der Waals surface area (Å²) < 4.78 is 1.93. The van der Waals surface area contributed by atoms with Gasteiger partial charge in [-0.25, -0.2) is 4.98 Å². The quantitative estimate of drug-likeness (QED) is 0.497. The maximum Gasteiger partial charge on any atom is 0.177 e. The van der Waals surface area contributed by atoms with Gasteiger partial charge in [0.2, 0.25) is 0 Å². The van der Waals surface area contributed by atoms with Crippen LogP contribution in [-0.2, 0) is 11.3 Å². The molecule has 0 unspecified atom stereocenters. The summed E-state index contributed by atoms with van der Waals surface area (Å²) in [6.45, 7) is 2.00. The number of aliphatic hydroxyl groups is 1. The second-order valence-electron chi connectivity index (χ2n) is 5.78. The van der Waals surface area contributed by atoms with Crippen LogP contribution in [0.3, 0.4) is 0 Å². The van der Waals surface area contributed by atoms with E-state index < -0.39 is 6.61 Å². The number of ketones is 1. The third kappa shape index (κ3) is 5.36. The van der Waals surface area contributed by atoms with E-state index in [0.717, 1.165) is 21.9 Å². The molecule has 2 aromatic rings. The van der Waals surface area contributed by atoms with Crippen molar-refractivity contribution in [2.75, 3.05) is 12.4 Å². The number of hydrogen-bond donors (Lipinski definition) is 1. The lowest BCUT2D eigenvalue weighted by Gasteiger charge is -2.07. The highest BCUT2D eigenvalue weighted by Crippen LogP contribution is 2.25. The fraction of sp³-hybridized carbons (Fsp3) is 0.556. The molecule has 2 rings (SSSR count). The number of Topliss-reactive ketones (excluding diaryl/α,β-unsaturated/α-hetero) is 1. The van der Waals surface area contributed by atoms with Crippen molar-refractivity contribution in [1.82, 2.24) is 9.55 Å². The molecule has 4 nitrogen and oxygen atoms in total. The molecule has 1 aromatic carbocycles. The second kappa shape index (κ2) is 9.73. The van der Waals surface area contributed by atoms with E-state index in [1.165, 1.54) is 38.5 Å². The largest absolute Gasteiger partial charge is 0.389 e. The molecular formula is C18H26N2O2S. The minimum atomic E-state index is -0.423. The number of thioether (sulfide) groups is 1. The van der Waals surface area contributed by atoms with Crippen molar-refractivity contribution in [1.29, 1.82) is 0 Å². The topological polar surface area (TPSA) is 55.1 Å². The predicted octanol–water partition coefficient (Wildman–Crippen LogP) is 4.05. The minimum absolute atomic E-state index is 0.186. The Morgan fingerprint density at radius 1 is 1.17 bits per heavy atom. The van der Waals surface area contributed by atoms with E-state index in [-0.39, 0.29) is 12.3 Å². The van der Waals surface area contributed by atoms with Crippen molar-refractivity contribution in [3.63, 3.8) is 0 Å². The summed E-state index contributed by atoms with van der Waals surface area (Å²) in [7, 11) is 0. The van der Waals surface area contributed by atoms with Gasteiger partial charge in [0.15, 0.2) is 10.9 Å². The van der Waals surface area contributed by atoms with Crippen LogP contribution in [0.15, 0.2) is 29.4 Å². The number of unbranched alkanes of at least 4 members (excludes halogenated alkanes) is 5. The van der Waals surface area contributed by atoms with Crippen molar-refractivity contribution in [3.05, 3.63) is 24.3 Å². The van der Waals surface area contributed by atoms with Crippen molar-refractivity contribution in [2.24, 2.45) is 0 Å². The molecular weight excluding hydrogens is 308 g/mol. The van der Waals surface area contributed by atoms with Crippen LogP contribution in [0, 0.1) is 0 Å². The second-order valence-corrected chi connectivity index (χ2v) is 6.84. The molecule has 0 bridgehead atoms. The van der Waals surface area contributed by atoms with E-state index in [0.29, 0.717) is 0 Å². The summed E-state index contributed by atoms with van der Waals surface area (Å²) >= 11 is 1.71. The number of carbonyl (C=O) groups is 1. The van der Waals surface area contributed by atoms with Crippen molar-refractivity contribution in [2.45, 2.75) is 57.1 Å².